The van der Waals surface area contributed by atoms with Crippen LogP contribution in [0.3, 0.4) is 0 Å². The fourth-order valence-electron chi connectivity index (χ4n) is 4.91. The minimum absolute atomic E-state index is 0.255. The van der Waals surface area contributed by atoms with Crippen molar-refractivity contribution in [2.45, 2.75) is 30.8 Å². The van der Waals surface area contributed by atoms with E-state index in [4.69, 9.17) is 0 Å². The van der Waals surface area contributed by atoms with Crippen molar-refractivity contribution in [3.63, 3.8) is 0 Å². The lowest BCUT2D eigenvalue weighted by Crippen LogP contribution is -2.42. The number of para-hydroxylation sites is 1. The van der Waals surface area contributed by atoms with Crippen LogP contribution in [0.1, 0.15) is 29.2 Å². The van der Waals surface area contributed by atoms with E-state index in [1.807, 2.05) is 43.3 Å². The Bertz CT molecular complexity index is 1140. The molecule has 154 valence electrons. The Morgan fingerprint density at radius 2 is 1.60 bits per heavy atom. The fraction of sp³-hybridized carbons (Fsp3) is 0.280. The maximum absolute atomic E-state index is 13.5. The van der Waals surface area contributed by atoms with E-state index in [9.17, 15) is 8.42 Å². The first-order valence-electron chi connectivity index (χ1n) is 10.5. The normalized spacial score (nSPS) is 21.3. The summed E-state index contributed by atoms with van der Waals surface area (Å²) in [6.45, 7) is 4.37. The highest BCUT2D eigenvalue weighted by atomic mass is 32.2. The maximum atomic E-state index is 13.5. The quantitative estimate of drug-likeness (QED) is 0.613. The first-order valence-corrected chi connectivity index (χ1v) is 11.9. The summed E-state index contributed by atoms with van der Waals surface area (Å²) in [5.41, 5.74) is 4.29. The molecule has 5 heteroatoms. The molecule has 3 aromatic rings. The van der Waals surface area contributed by atoms with Gasteiger partial charge in [0.05, 0.1) is 10.6 Å². The van der Waals surface area contributed by atoms with Gasteiger partial charge in [-0.1, -0.05) is 66.2 Å². The monoisotopic (exact) mass is 418 g/mol. The van der Waals surface area contributed by atoms with Gasteiger partial charge in [0.15, 0.2) is 0 Å². The van der Waals surface area contributed by atoms with Crippen LogP contribution in [-0.2, 0) is 16.6 Å². The predicted molar refractivity (Wildman–Crippen MR) is 120 cm³/mol. The van der Waals surface area contributed by atoms with Crippen LogP contribution in [0.4, 0.5) is 5.69 Å². The second kappa shape index (κ2) is 7.56. The highest BCUT2D eigenvalue weighted by Crippen LogP contribution is 2.47. The SMILES string of the molecule is Cc1ccc(S(=O)(=O)N2C[C@@H]3CCN(Cc4ccccc4)[C@@H]3c3ccccc32)cc1. The van der Waals surface area contributed by atoms with Crippen molar-refractivity contribution in [1.29, 1.82) is 0 Å². The van der Waals surface area contributed by atoms with Crippen molar-refractivity contribution in [3.05, 3.63) is 95.6 Å². The van der Waals surface area contributed by atoms with Gasteiger partial charge in [0.2, 0.25) is 0 Å². The smallest absolute Gasteiger partial charge is 0.264 e. The molecule has 2 aliphatic rings. The van der Waals surface area contributed by atoms with E-state index < -0.39 is 10.0 Å². The zero-order chi connectivity index (χ0) is 20.7. The molecule has 0 radical (unpaired) electrons. The zero-order valence-electron chi connectivity index (χ0n) is 17.1. The number of benzene rings is 3. The van der Waals surface area contributed by atoms with Gasteiger partial charge < -0.3 is 0 Å². The molecule has 1 saturated heterocycles. The maximum Gasteiger partial charge on any atom is 0.264 e. The third-order valence-electron chi connectivity index (χ3n) is 6.39. The van der Waals surface area contributed by atoms with Gasteiger partial charge in [-0.2, -0.15) is 0 Å². The van der Waals surface area contributed by atoms with Gasteiger partial charge in [0, 0.05) is 19.1 Å². The summed E-state index contributed by atoms with van der Waals surface area (Å²) in [6.07, 6.45) is 1.01. The van der Waals surface area contributed by atoms with Crippen LogP contribution < -0.4 is 4.31 Å². The molecule has 30 heavy (non-hydrogen) atoms. The Labute approximate surface area is 178 Å². The lowest BCUT2D eigenvalue weighted by atomic mass is 9.89. The number of nitrogens with zero attached hydrogens (tertiary/aromatic N) is 2. The summed E-state index contributed by atoms with van der Waals surface area (Å²) in [7, 11) is -3.59. The molecule has 0 spiro atoms. The lowest BCUT2D eigenvalue weighted by molar-refractivity contribution is 0.218. The van der Waals surface area contributed by atoms with E-state index in [2.05, 4.69) is 35.2 Å². The second-order valence-corrected chi connectivity index (χ2v) is 10.2. The van der Waals surface area contributed by atoms with Crippen molar-refractivity contribution >= 4 is 15.7 Å². The zero-order valence-corrected chi connectivity index (χ0v) is 17.9. The van der Waals surface area contributed by atoms with Gasteiger partial charge in [-0.25, -0.2) is 8.42 Å². The highest BCUT2D eigenvalue weighted by molar-refractivity contribution is 7.92. The van der Waals surface area contributed by atoms with Gasteiger partial charge in [0.25, 0.3) is 10.0 Å². The van der Waals surface area contributed by atoms with Crippen molar-refractivity contribution < 1.29 is 8.42 Å². The summed E-state index contributed by atoms with van der Waals surface area (Å²) >= 11 is 0. The van der Waals surface area contributed by atoms with E-state index in [0.717, 1.165) is 36.3 Å². The molecule has 0 amide bonds. The number of hydrogen-bond donors (Lipinski definition) is 0. The van der Waals surface area contributed by atoms with Gasteiger partial charge in [-0.15, -0.1) is 0 Å². The van der Waals surface area contributed by atoms with Crippen LogP contribution in [-0.4, -0.2) is 26.4 Å². The number of hydrogen-bond acceptors (Lipinski definition) is 3. The van der Waals surface area contributed by atoms with Crippen molar-refractivity contribution in [2.24, 2.45) is 5.92 Å². The molecule has 2 aliphatic heterocycles. The number of anilines is 1. The average Bonchev–Trinajstić information content (AvgIpc) is 3.17. The topological polar surface area (TPSA) is 40.6 Å². The van der Waals surface area contributed by atoms with Crippen LogP contribution in [0.15, 0.2) is 83.8 Å². The molecule has 0 unspecified atom stereocenters. The molecule has 4 nitrogen and oxygen atoms in total. The molecule has 0 N–H and O–H groups in total. The number of aryl methyl sites for hydroxylation is 1. The molecule has 0 aromatic heterocycles. The van der Waals surface area contributed by atoms with Crippen LogP contribution in [0.2, 0.25) is 0 Å². The van der Waals surface area contributed by atoms with E-state index in [-0.39, 0.29) is 6.04 Å². The van der Waals surface area contributed by atoms with E-state index in [1.165, 1.54) is 5.56 Å². The van der Waals surface area contributed by atoms with Gasteiger partial charge >= 0.3 is 0 Å². The molecule has 0 aliphatic carbocycles. The summed E-state index contributed by atoms with van der Waals surface area (Å²) in [4.78, 5) is 2.87. The van der Waals surface area contributed by atoms with Gasteiger partial charge in [-0.3, -0.25) is 9.21 Å². The minimum atomic E-state index is -3.59. The van der Waals surface area contributed by atoms with Crippen molar-refractivity contribution in [3.8, 4) is 0 Å². The molecule has 1 fully saturated rings. The Morgan fingerprint density at radius 3 is 2.37 bits per heavy atom. The van der Waals surface area contributed by atoms with E-state index in [1.54, 1.807) is 16.4 Å². The van der Waals surface area contributed by atoms with E-state index >= 15 is 0 Å². The number of sulfonamides is 1. The Morgan fingerprint density at radius 1 is 0.900 bits per heavy atom. The summed E-state index contributed by atoms with van der Waals surface area (Å²) < 4.78 is 28.7. The first kappa shape index (κ1) is 19.3. The Balaban J connectivity index is 1.52. The molecule has 0 bridgehead atoms. The fourth-order valence-corrected chi connectivity index (χ4v) is 6.45. The molecular formula is C25H26N2O2S. The molecule has 2 heterocycles. The summed E-state index contributed by atoms with van der Waals surface area (Å²) in [6, 6.07) is 26.0. The van der Waals surface area contributed by atoms with Crippen LogP contribution in [0.5, 0.6) is 0 Å². The van der Waals surface area contributed by atoms with Crippen LogP contribution in [0.25, 0.3) is 0 Å². The number of fused-ring (bicyclic) bond motifs is 3. The van der Waals surface area contributed by atoms with Gasteiger partial charge in [-0.05, 0) is 55.1 Å². The minimum Gasteiger partial charge on any atom is -0.292 e. The highest BCUT2D eigenvalue weighted by Gasteiger charge is 2.44. The Kier molecular flexibility index (Phi) is 4.88. The number of likely N-dealkylation sites (tertiary alicyclic amines) is 1. The standard InChI is InChI=1S/C25H26N2O2S/c1-19-11-13-22(14-12-19)30(28,29)27-18-21-15-16-26(17-20-7-3-2-4-8-20)25(21)23-9-5-6-10-24(23)27/h2-14,21,25H,15-18H2,1H3/t21-,25-/m0/s1. The molecule has 5 rings (SSSR count). The summed E-state index contributed by atoms with van der Waals surface area (Å²) in [5, 5.41) is 0. The first-order chi connectivity index (χ1) is 14.5. The lowest BCUT2D eigenvalue weighted by Gasteiger charge is -2.40. The van der Waals surface area contributed by atoms with E-state index in [0.29, 0.717) is 17.4 Å². The summed E-state index contributed by atoms with van der Waals surface area (Å²) in [5.74, 6) is 0.295. The van der Waals surface area contributed by atoms with Crippen LogP contribution in [0, 0.1) is 12.8 Å². The molecular weight excluding hydrogens is 392 g/mol. The third kappa shape index (κ3) is 3.32. The molecule has 3 aromatic carbocycles. The Hall–Kier alpha value is -2.63. The third-order valence-corrected chi connectivity index (χ3v) is 8.18. The average molecular weight is 419 g/mol. The van der Waals surface area contributed by atoms with Crippen molar-refractivity contribution in [1.82, 2.24) is 4.90 Å². The molecule has 2 atom stereocenters. The van der Waals surface area contributed by atoms with Crippen LogP contribution >= 0.6 is 0 Å². The molecule has 0 saturated carbocycles. The van der Waals surface area contributed by atoms with Crippen molar-refractivity contribution in [2.75, 3.05) is 17.4 Å². The number of rotatable bonds is 4. The second-order valence-electron chi connectivity index (χ2n) is 8.36. The largest absolute Gasteiger partial charge is 0.292 e. The predicted octanol–water partition coefficient (Wildman–Crippen LogP) is 4.77. The van der Waals surface area contributed by atoms with Gasteiger partial charge in [0.1, 0.15) is 0 Å².